The molecule has 0 aliphatic carbocycles. The van der Waals surface area contributed by atoms with Crippen LogP contribution in [0.5, 0.6) is 0 Å². The van der Waals surface area contributed by atoms with E-state index in [4.69, 9.17) is 5.73 Å². The van der Waals surface area contributed by atoms with Gasteiger partial charge in [0.2, 0.25) is 0 Å². The first-order valence-corrected chi connectivity index (χ1v) is 7.70. The third kappa shape index (κ3) is 5.79. The van der Waals surface area contributed by atoms with Gasteiger partial charge in [0.1, 0.15) is 9.84 Å². The number of rotatable bonds is 7. The predicted molar refractivity (Wildman–Crippen MR) is 69.5 cm³/mol. The number of hydrogen-bond acceptors (Lipinski definition) is 4. The van der Waals surface area contributed by atoms with Gasteiger partial charge in [-0.2, -0.15) is 0 Å². The van der Waals surface area contributed by atoms with Gasteiger partial charge < -0.3 is 5.73 Å². The third-order valence-corrected chi connectivity index (χ3v) is 4.51. The number of hydrogen-bond donors (Lipinski definition) is 1. The second-order valence-electron chi connectivity index (χ2n) is 4.20. The zero-order valence-electron chi connectivity index (χ0n) is 10.2. The van der Waals surface area contributed by atoms with Gasteiger partial charge in [-0.05, 0) is 37.0 Å². The molecule has 17 heavy (non-hydrogen) atoms. The lowest BCUT2D eigenvalue weighted by atomic mass is 10.0. The topological polar surface area (TPSA) is 73.0 Å². The van der Waals surface area contributed by atoms with E-state index in [0.717, 1.165) is 18.4 Å². The molecule has 0 aliphatic rings. The van der Waals surface area contributed by atoms with E-state index in [-0.39, 0.29) is 17.5 Å². The molecule has 0 saturated carbocycles. The van der Waals surface area contributed by atoms with Crippen LogP contribution in [-0.2, 0) is 16.3 Å². The first kappa shape index (κ1) is 14.1. The fraction of sp³-hybridized carbons (Fsp3) is 0.583. The molecule has 1 aromatic heterocycles. The molecule has 5 heteroatoms. The van der Waals surface area contributed by atoms with Gasteiger partial charge in [0.15, 0.2) is 0 Å². The van der Waals surface area contributed by atoms with Crippen molar-refractivity contribution in [3.8, 4) is 0 Å². The molecule has 0 fully saturated rings. The van der Waals surface area contributed by atoms with Gasteiger partial charge in [0.05, 0.1) is 5.75 Å². The van der Waals surface area contributed by atoms with Gasteiger partial charge >= 0.3 is 0 Å². The summed E-state index contributed by atoms with van der Waals surface area (Å²) in [6.45, 7) is 1.67. The van der Waals surface area contributed by atoms with Gasteiger partial charge in [-0.15, -0.1) is 0 Å². The number of aromatic nitrogens is 1. The second kappa shape index (κ2) is 6.71. The van der Waals surface area contributed by atoms with Gasteiger partial charge in [-0.25, -0.2) is 8.42 Å². The molecule has 1 unspecified atom stereocenters. The van der Waals surface area contributed by atoms with Gasteiger partial charge in [0.25, 0.3) is 0 Å². The largest absolute Gasteiger partial charge is 0.327 e. The smallest absolute Gasteiger partial charge is 0.150 e. The van der Waals surface area contributed by atoms with E-state index < -0.39 is 9.84 Å². The summed E-state index contributed by atoms with van der Waals surface area (Å²) in [6.07, 6.45) is 5.63. The minimum atomic E-state index is -2.85. The maximum atomic E-state index is 11.3. The van der Waals surface area contributed by atoms with Crippen molar-refractivity contribution in [3.05, 3.63) is 30.1 Å². The molecule has 0 aliphatic heterocycles. The molecule has 0 spiro atoms. The molecule has 96 valence electrons. The Morgan fingerprint density at radius 1 is 1.35 bits per heavy atom. The first-order chi connectivity index (χ1) is 8.03. The highest BCUT2D eigenvalue weighted by Crippen LogP contribution is 2.06. The second-order valence-corrected chi connectivity index (χ2v) is 6.67. The molecule has 0 radical (unpaired) electrons. The van der Waals surface area contributed by atoms with Crippen LogP contribution in [0.3, 0.4) is 0 Å². The minimum Gasteiger partial charge on any atom is -0.327 e. The monoisotopic (exact) mass is 256 g/mol. The zero-order chi connectivity index (χ0) is 12.7. The summed E-state index contributed by atoms with van der Waals surface area (Å²) in [4.78, 5) is 3.94. The summed E-state index contributed by atoms with van der Waals surface area (Å²) in [5.41, 5.74) is 7.11. The Labute approximate surface area is 103 Å². The Bertz CT molecular complexity index is 417. The quantitative estimate of drug-likeness (QED) is 0.794. The highest BCUT2D eigenvalue weighted by Gasteiger charge is 2.09. The van der Waals surface area contributed by atoms with E-state index in [2.05, 4.69) is 4.98 Å². The van der Waals surface area contributed by atoms with Crippen molar-refractivity contribution in [3.63, 3.8) is 0 Å². The van der Waals surface area contributed by atoms with Crippen LogP contribution in [0.1, 0.15) is 25.3 Å². The van der Waals surface area contributed by atoms with Crippen molar-refractivity contribution in [1.82, 2.24) is 4.98 Å². The van der Waals surface area contributed by atoms with Crippen molar-refractivity contribution >= 4 is 9.84 Å². The number of sulfone groups is 1. The number of nitrogens with zero attached hydrogens (tertiary/aromatic N) is 1. The molecular formula is C12H20N2O2S. The normalized spacial score (nSPS) is 13.5. The van der Waals surface area contributed by atoms with E-state index in [9.17, 15) is 8.42 Å². The summed E-state index contributed by atoms with van der Waals surface area (Å²) in [6, 6.07) is 3.88. The molecule has 1 atom stereocenters. The molecule has 4 nitrogen and oxygen atoms in total. The van der Waals surface area contributed by atoms with Crippen LogP contribution in [-0.4, -0.2) is 30.9 Å². The van der Waals surface area contributed by atoms with Gasteiger partial charge in [0, 0.05) is 24.2 Å². The Kier molecular flexibility index (Phi) is 5.58. The van der Waals surface area contributed by atoms with Crippen molar-refractivity contribution in [1.29, 1.82) is 0 Å². The highest BCUT2D eigenvalue weighted by molar-refractivity contribution is 7.91. The Morgan fingerprint density at radius 3 is 2.59 bits per heavy atom. The lowest BCUT2D eigenvalue weighted by Gasteiger charge is -2.11. The minimum absolute atomic E-state index is 0.0180. The van der Waals surface area contributed by atoms with Crippen molar-refractivity contribution in [2.24, 2.45) is 5.73 Å². The molecule has 1 rings (SSSR count). The molecule has 1 aromatic rings. The third-order valence-electron chi connectivity index (χ3n) is 2.72. The molecule has 0 aromatic carbocycles. The summed E-state index contributed by atoms with van der Waals surface area (Å²) in [5, 5.41) is 0. The average molecular weight is 256 g/mol. The Balaban J connectivity index is 2.29. The highest BCUT2D eigenvalue weighted by atomic mass is 32.2. The van der Waals surface area contributed by atoms with Gasteiger partial charge in [-0.1, -0.05) is 6.92 Å². The fourth-order valence-corrected chi connectivity index (χ4v) is 2.53. The molecular weight excluding hydrogens is 236 g/mol. The lowest BCUT2D eigenvalue weighted by molar-refractivity contribution is 0.574. The molecule has 0 amide bonds. The standard InChI is InChI=1S/C12H20N2O2S/c1-2-17(15,16)9-3-4-12(13)10-11-5-7-14-8-6-11/h5-8,12H,2-4,9-10,13H2,1H3. The van der Waals surface area contributed by atoms with Crippen LogP contribution in [0.15, 0.2) is 24.5 Å². The van der Waals surface area contributed by atoms with Crippen molar-refractivity contribution in [2.45, 2.75) is 32.2 Å². The van der Waals surface area contributed by atoms with Crippen molar-refractivity contribution < 1.29 is 8.42 Å². The zero-order valence-corrected chi connectivity index (χ0v) is 11.0. The van der Waals surface area contributed by atoms with Crippen LogP contribution < -0.4 is 5.73 Å². The van der Waals surface area contributed by atoms with Crippen molar-refractivity contribution in [2.75, 3.05) is 11.5 Å². The number of pyridine rings is 1. The van der Waals surface area contributed by atoms with E-state index in [1.54, 1.807) is 19.3 Å². The van der Waals surface area contributed by atoms with Crippen LogP contribution >= 0.6 is 0 Å². The number of nitrogens with two attached hydrogens (primary N) is 1. The van der Waals surface area contributed by atoms with Crippen LogP contribution in [0, 0.1) is 0 Å². The molecule has 1 heterocycles. The lowest BCUT2D eigenvalue weighted by Crippen LogP contribution is -2.24. The Morgan fingerprint density at radius 2 is 2.00 bits per heavy atom. The average Bonchev–Trinajstić information content (AvgIpc) is 2.30. The van der Waals surface area contributed by atoms with E-state index >= 15 is 0 Å². The summed E-state index contributed by atoms with van der Waals surface area (Å²) >= 11 is 0. The molecule has 0 saturated heterocycles. The summed E-state index contributed by atoms with van der Waals surface area (Å²) in [7, 11) is -2.85. The maximum absolute atomic E-state index is 11.3. The SMILES string of the molecule is CCS(=O)(=O)CCCC(N)Cc1ccncc1. The first-order valence-electron chi connectivity index (χ1n) is 5.88. The van der Waals surface area contributed by atoms with E-state index in [1.807, 2.05) is 12.1 Å². The summed E-state index contributed by atoms with van der Waals surface area (Å²) in [5.74, 6) is 0.458. The van der Waals surface area contributed by atoms with Crippen LogP contribution in [0.4, 0.5) is 0 Å². The van der Waals surface area contributed by atoms with Gasteiger partial charge in [-0.3, -0.25) is 4.98 Å². The fourth-order valence-electron chi connectivity index (χ4n) is 1.63. The maximum Gasteiger partial charge on any atom is 0.150 e. The summed E-state index contributed by atoms with van der Waals surface area (Å²) < 4.78 is 22.6. The van der Waals surface area contributed by atoms with E-state index in [1.165, 1.54) is 0 Å². The van der Waals surface area contributed by atoms with E-state index in [0.29, 0.717) is 6.42 Å². The van der Waals surface area contributed by atoms with Crippen LogP contribution in [0.25, 0.3) is 0 Å². The Hall–Kier alpha value is -0.940. The van der Waals surface area contributed by atoms with Crippen LogP contribution in [0.2, 0.25) is 0 Å². The molecule has 0 bridgehead atoms. The molecule has 2 N–H and O–H groups in total. The predicted octanol–water partition coefficient (Wildman–Crippen LogP) is 1.17.